The van der Waals surface area contributed by atoms with E-state index < -0.39 is 11.7 Å². The van der Waals surface area contributed by atoms with E-state index in [9.17, 15) is 14.4 Å². The highest BCUT2D eigenvalue weighted by Gasteiger charge is 2.26. The van der Waals surface area contributed by atoms with Crippen molar-refractivity contribution in [2.45, 2.75) is 39.8 Å². The van der Waals surface area contributed by atoms with Crippen LogP contribution in [0.3, 0.4) is 0 Å². The van der Waals surface area contributed by atoms with Crippen molar-refractivity contribution in [1.29, 1.82) is 0 Å². The van der Waals surface area contributed by atoms with Crippen molar-refractivity contribution in [3.05, 3.63) is 53.6 Å². The highest BCUT2D eigenvalue weighted by Crippen LogP contribution is 2.35. The molecule has 0 atom stereocenters. The van der Waals surface area contributed by atoms with Gasteiger partial charge in [-0.25, -0.2) is 9.59 Å². The summed E-state index contributed by atoms with van der Waals surface area (Å²) < 4.78 is 15.8. The summed E-state index contributed by atoms with van der Waals surface area (Å²) in [7, 11) is 0. The van der Waals surface area contributed by atoms with E-state index in [1.54, 1.807) is 75.1 Å². The molecule has 8 nitrogen and oxygen atoms in total. The molecule has 0 fully saturated rings. The molecule has 1 aliphatic rings. The van der Waals surface area contributed by atoms with Crippen molar-refractivity contribution in [2.75, 3.05) is 23.4 Å². The maximum absolute atomic E-state index is 12.6. The lowest BCUT2D eigenvalue weighted by Gasteiger charge is -2.30. The maximum atomic E-state index is 12.6. The minimum Gasteiger partial charge on any atom is -0.482 e. The molecule has 0 saturated carbocycles. The molecule has 3 rings (SSSR count). The molecule has 0 spiro atoms. The van der Waals surface area contributed by atoms with E-state index in [1.165, 1.54) is 0 Å². The number of carbonyl (C=O) groups excluding carboxylic acids is 3. The summed E-state index contributed by atoms with van der Waals surface area (Å²) >= 11 is 0. The first kappa shape index (κ1) is 22.1. The van der Waals surface area contributed by atoms with Gasteiger partial charge in [-0.2, -0.15) is 0 Å². The van der Waals surface area contributed by atoms with Crippen molar-refractivity contribution < 1.29 is 28.6 Å². The van der Waals surface area contributed by atoms with Crippen LogP contribution >= 0.6 is 0 Å². The summed E-state index contributed by atoms with van der Waals surface area (Å²) in [5.41, 5.74) is 1.68. The standard InChI is InChI=1S/C23H26N2O6/c1-5-29-21(27)16-8-6-15(7-9-16)13-25-18-12-17(24-22(28)31-23(2,3)4)10-11-19(18)30-14-20(25)26/h6-12H,5,13-14H2,1-4H3,(H,24,28). The monoisotopic (exact) mass is 426 g/mol. The number of hydrogen-bond acceptors (Lipinski definition) is 6. The fourth-order valence-corrected chi connectivity index (χ4v) is 3.02. The Labute approximate surface area is 181 Å². The molecule has 0 unspecified atom stereocenters. The van der Waals surface area contributed by atoms with Gasteiger partial charge in [0.05, 0.1) is 24.4 Å². The predicted octanol–water partition coefficient (Wildman–Crippen LogP) is 4.14. The van der Waals surface area contributed by atoms with E-state index in [0.29, 0.717) is 29.3 Å². The largest absolute Gasteiger partial charge is 0.482 e. The molecule has 1 heterocycles. The number of esters is 1. The lowest BCUT2D eigenvalue weighted by molar-refractivity contribution is -0.121. The van der Waals surface area contributed by atoms with Gasteiger partial charge in [0.25, 0.3) is 5.91 Å². The SMILES string of the molecule is CCOC(=O)c1ccc(CN2C(=O)COc3ccc(NC(=O)OC(C)(C)C)cc32)cc1. The smallest absolute Gasteiger partial charge is 0.412 e. The third kappa shape index (κ3) is 5.75. The molecule has 0 aliphatic carbocycles. The third-order valence-corrected chi connectivity index (χ3v) is 4.35. The Morgan fingerprint density at radius 1 is 1.13 bits per heavy atom. The molecule has 2 aromatic rings. The summed E-state index contributed by atoms with van der Waals surface area (Å²) in [5, 5.41) is 2.67. The maximum Gasteiger partial charge on any atom is 0.412 e. The summed E-state index contributed by atoms with van der Waals surface area (Å²) in [6.45, 7) is 7.60. The number of rotatable bonds is 5. The number of carbonyl (C=O) groups is 3. The van der Waals surface area contributed by atoms with Gasteiger partial charge in [0, 0.05) is 5.69 Å². The molecular weight excluding hydrogens is 400 g/mol. The fourth-order valence-electron chi connectivity index (χ4n) is 3.02. The van der Waals surface area contributed by atoms with Gasteiger partial charge in [0.15, 0.2) is 6.61 Å². The van der Waals surface area contributed by atoms with Crippen LogP contribution in [-0.2, 0) is 20.8 Å². The molecule has 0 saturated heterocycles. The van der Waals surface area contributed by atoms with Crippen LogP contribution in [0.15, 0.2) is 42.5 Å². The Morgan fingerprint density at radius 2 is 1.84 bits per heavy atom. The first-order chi connectivity index (χ1) is 14.7. The molecule has 164 valence electrons. The Morgan fingerprint density at radius 3 is 2.48 bits per heavy atom. The van der Waals surface area contributed by atoms with Gasteiger partial charge in [0.1, 0.15) is 11.4 Å². The van der Waals surface area contributed by atoms with Crippen LogP contribution in [0, 0.1) is 0 Å². The van der Waals surface area contributed by atoms with Crippen molar-refractivity contribution in [3.8, 4) is 5.75 Å². The first-order valence-corrected chi connectivity index (χ1v) is 9.99. The number of fused-ring (bicyclic) bond motifs is 1. The van der Waals surface area contributed by atoms with Gasteiger partial charge in [-0.1, -0.05) is 12.1 Å². The summed E-state index contributed by atoms with van der Waals surface area (Å²) in [6.07, 6.45) is -0.586. The van der Waals surface area contributed by atoms with Crippen LogP contribution in [0.1, 0.15) is 43.6 Å². The summed E-state index contributed by atoms with van der Waals surface area (Å²) in [4.78, 5) is 38.0. The Kier molecular flexibility index (Phi) is 6.48. The second kappa shape index (κ2) is 9.07. The second-order valence-corrected chi connectivity index (χ2v) is 8.00. The van der Waals surface area contributed by atoms with Crippen molar-refractivity contribution in [1.82, 2.24) is 0 Å². The molecule has 0 radical (unpaired) electrons. The Bertz CT molecular complexity index is 979. The number of ether oxygens (including phenoxy) is 3. The van der Waals surface area contributed by atoms with E-state index in [1.807, 2.05) is 0 Å². The van der Waals surface area contributed by atoms with Gasteiger partial charge in [-0.05, 0) is 63.6 Å². The van der Waals surface area contributed by atoms with Crippen LogP contribution in [0.4, 0.5) is 16.2 Å². The summed E-state index contributed by atoms with van der Waals surface area (Å²) in [5.74, 6) is -0.0615. The topological polar surface area (TPSA) is 94.2 Å². The zero-order valence-corrected chi connectivity index (χ0v) is 18.1. The molecule has 2 amide bonds. The van der Waals surface area contributed by atoms with Gasteiger partial charge in [-0.3, -0.25) is 10.1 Å². The van der Waals surface area contributed by atoms with Gasteiger partial charge < -0.3 is 19.1 Å². The molecule has 1 aliphatic heterocycles. The number of nitrogens with one attached hydrogen (secondary N) is 1. The first-order valence-electron chi connectivity index (χ1n) is 9.99. The van der Waals surface area contributed by atoms with Gasteiger partial charge in [0.2, 0.25) is 0 Å². The molecule has 1 N–H and O–H groups in total. The van der Waals surface area contributed by atoms with Crippen LogP contribution in [-0.4, -0.2) is 36.8 Å². The minimum absolute atomic E-state index is 0.0766. The average Bonchev–Trinajstić information content (AvgIpc) is 2.69. The minimum atomic E-state index is -0.626. The zero-order chi connectivity index (χ0) is 22.6. The van der Waals surface area contributed by atoms with Crippen LogP contribution < -0.4 is 15.0 Å². The van der Waals surface area contributed by atoms with Gasteiger partial charge in [-0.15, -0.1) is 0 Å². The van der Waals surface area contributed by atoms with Crippen molar-refractivity contribution >= 4 is 29.3 Å². The van der Waals surface area contributed by atoms with Crippen LogP contribution in [0.5, 0.6) is 5.75 Å². The van der Waals surface area contributed by atoms with E-state index in [-0.39, 0.29) is 25.0 Å². The number of amides is 2. The van der Waals surface area contributed by atoms with Crippen molar-refractivity contribution in [3.63, 3.8) is 0 Å². The number of hydrogen-bond donors (Lipinski definition) is 1. The van der Waals surface area contributed by atoms with Crippen LogP contribution in [0.2, 0.25) is 0 Å². The number of nitrogens with zero attached hydrogens (tertiary/aromatic N) is 1. The molecule has 31 heavy (non-hydrogen) atoms. The highest BCUT2D eigenvalue weighted by molar-refractivity contribution is 5.99. The molecule has 0 aromatic heterocycles. The van der Waals surface area contributed by atoms with E-state index in [2.05, 4.69) is 5.32 Å². The molecule has 2 aromatic carbocycles. The second-order valence-electron chi connectivity index (χ2n) is 8.00. The van der Waals surface area contributed by atoms with Crippen molar-refractivity contribution in [2.24, 2.45) is 0 Å². The molecular formula is C23H26N2O6. The lowest BCUT2D eigenvalue weighted by atomic mass is 10.1. The molecule has 8 heteroatoms. The van der Waals surface area contributed by atoms with Crippen LogP contribution in [0.25, 0.3) is 0 Å². The lowest BCUT2D eigenvalue weighted by Crippen LogP contribution is -2.38. The summed E-state index contributed by atoms with van der Waals surface area (Å²) in [6, 6.07) is 11.9. The Balaban J connectivity index is 1.79. The van der Waals surface area contributed by atoms with Gasteiger partial charge >= 0.3 is 12.1 Å². The molecule has 0 bridgehead atoms. The quantitative estimate of drug-likeness (QED) is 0.723. The van der Waals surface area contributed by atoms with E-state index in [0.717, 1.165) is 5.56 Å². The Hall–Kier alpha value is -3.55. The number of benzene rings is 2. The zero-order valence-electron chi connectivity index (χ0n) is 18.1. The number of anilines is 2. The average molecular weight is 426 g/mol. The highest BCUT2D eigenvalue weighted by atomic mass is 16.6. The normalized spacial score (nSPS) is 13.2. The fraction of sp³-hybridized carbons (Fsp3) is 0.348. The van der Waals surface area contributed by atoms with E-state index >= 15 is 0 Å². The third-order valence-electron chi connectivity index (χ3n) is 4.35. The predicted molar refractivity (Wildman–Crippen MR) is 115 cm³/mol. The van der Waals surface area contributed by atoms with E-state index in [4.69, 9.17) is 14.2 Å².